The van der Waals surface area contributed by atoms with E-state index in [4.69, 9.17) is 4.42 Å². The first kappa shape index (κ1) is 13.6. The molecule has 5 nitrogen and oxygen atoms in total. The van der Waals surface area contributed by atoms with Crippen LogP contribution >= 0.6 is 11.8 Å². The molecule has 1 atom stereocenters. The van der Waals surface area contributed by atoms with Crippen molar-refractivity contribution in [2.24, 2.45) is 0 Å². The lowest BCUT2D eigenvalue weighted by Crippen LogP contribution is -2.14. The normalized spacial score (nSPS) is 12.2. The minimum Gasteiger partial charge on any atom is -0.468 e. The van der Waals surface area contributed by atoms with Crippen LogP contribution in [0.3, 0.4) is 0 Å². The maximum absolute atomic E-state index is 11.3. The molecule has 0 saturated heterocycles. The molecule has 2 aromatic rings. The number of nitrogens with zero attached hydrogens (tertiary/aromatic N) is 2. The van der Waals surface area contributed by atoms with Crippen LogP contribution in [0.25, 0.3) is 11.5 Å². The predicted molar refractivity (Wildman–Crippen MR) is 71.8 cm³/mol. The number of methoxy groups -OCH3 is 1. The van der Waals surface area contributed by atoms with E-state index in [0.717, 1.165) is 11.1 Å². The van der Waals surface area contributed by atoms with Gasteiger partial charge in [0.05, 0.1) is 7.11 Å². The van der Waals surface area contributed by atoms with Gasteiger partial charge in [-0.25, -0.2) is 0 Å². The Hall–Kier alpha value is -1.82. The standard InChI is InChI=1S/C13H14N2O3S/c1-8-4-6-10(7-5-8)11-14-15-13(18-11)19-9(2)12(16)17-3/h4-7,9H,1-3H3/t9-/m1/s1. The molecule has 0 amide bonds. The first-order chi connectivity index (χ1) is 9.10. The van der Waals surface area contributed by atoms with E-state index in [1.807, 2.05) is 31.2 Å². The van der Waals surface area contributed by atoms with Gasteiger partial charge in [-0.2, -0.15) is 0 Å². The Labute approximate surface area is 115 Å². The number of aryl methyl sites for hydroxylation is 1. The molecule has 0 fully saturated rings. The zero-order valence-electron chi connectivity index (χ0n) is 10.9. The molecule has 1 aromatic heterocycles. The van der Waals surface area contributed by atoms with Crippen LogP contribution in [0.1, 0.15) is 12.5 Å². The molecule has 0 aliphatic carbocycles. The third kappa shape index (κ3) is 3.35. The number of esters is 1. The molecule has 1 heterocycles. The molecule has 2 rings (SSSR count). The van der Waals surface area contributed by atoms with E-state index < -0.39 is 0 Å². The highest BCUT2D eigenvalue weighted by molar-refractivity contribution is 8.00. The monoisotopic (exact) mass is 278 g/mol. The number of carbonyl (C=O) groups excluding carboxylic acids is 1. The van der Waals surface area contributed by atoms with Gasteiger partial charge < -0.3 is 9.15 Å². The van der Waals surface area contributed by atoms with E-state index >= 15 is 0 Å². The van der Waals surface area contributed by atoms with Crippen molar-refractivity contribution >= 4 is 17.7 Å². The van der Waals surface area contributed by atoms with Crippen molar-refractivity contribution in [2.75, 3.05) is 7.11 Å². The highest BCUT2D eigenvalue weighted by Crippen LogP contribution is 2.26. The zero-order chi connectivity index (χ0) is 13.8. The van der Waals surface area contributed by atoms with E-state index in [1.54, 1.807) is 6.92 Å². The highest BCUT2D eigenvalue weighted by atomic mass is 32.2. The van der Waals surface area contributed by atoms with E-state index in [1.165, 1.54) is 18.9 Å². The van der Waals surface area contributed by atoms with Crippen molar-refractivity contribution in [1.82, 2.24) is 10.2 Å². The van der Waals surface area contributed by atoms with Gasteiger partial charge in [0.25, 0.3) is 5.22 Å². The lowest BCUT2D eigenvalue weighted by Gasteiger charge is -2.04. The van der Waals surface area contributed by atoms with Crippen LogP contribution in [-0.4, -0.2) is 28.5 Å². The molecule has 0 N–H and O–H groups in total. The van der Waals surface area contributed by atoms with Crippen LogP contribution in [-0.2, 0) is 9.53 Å². The number of hydrogen-bond acceptors (Lipinski definition) is 6. The Kier molecular flexibility index (Phi) is 4.21. The molecule has 0 saturated carbocycles. The molecular formula is C13H14N2O3S. The van der Waals surface area contributed by atoms with Crippen molar-refractivity contribution < 1.29 is 13.9 Å². The van der Waals surface area contributed by atoms with Gasteiger partial charge in [0.1, 0.15) is 5.25 Å². The van der Waals surface area contributed by atoms with Crippen LogP contribution in [0.2, 0.25) is 0 Å². The van der Waals surface area contributed by atoms with Gasteiger partial charge >= 0.3 is 5.97 Å². The predicted octanol–water partition coefficient (Wildman–Crippen LogP) is 2.70. The van der Waals surface area contributed by atoms with Crippen molar-refractivity contribution in [1.29, 1.82) is 0 Å². The molecule has 100 valence electrons. The fourth-order valence-corrected chi connectivity index (χ4v) is 2.15. The Bertz CT molecular complexity index is 566. The second-order valence-corrected chi connectivity index (χ2v) is 5.31. The van der Waals surface area contributed by atoms with Crippen molar-refractivity contribution in [2.45, 2.75) is 24.3 Å². The van der Waals surface area contributed by atoms with Crippen LogP contribution in [0.4, 0.5) is 0 Å². The summed E-state index contributed by atoms with van der Waals surface area (Å²) in [5, 5.41) is 7.85. The number of ether oxygens (including phenoxy) is 1. The summed E-state index contributed by atoms with van der Waals surface area (Å²) < 4.78 is 10.1. The lowest BCUT2D eigenvalue weighted by atomic mass is 10.1. The number of thioether (sulfide) groups is 1. The largest absolute Gasteiger partial charge is 0.468 e. The van der Waals surface area contributed by atoms with Gasteiger partial charge in [0, 0.05) is 5.56 Å². The number of hydrogen-bond donors (Lipinski definition) is 0. The summed E-state index contributed by atoms with van der Waals surface area (Å²) >= 11 is 1.18. The SMILES string of the molecule is COC(=O)[C@@H](C)Sc1nnc(-c2ccc(C)cc2)o1. The molecule has 0 radical (unpaired) electrons. The lowest BCUT2D eigenvalue weighted by molar-refractivity contribution is -0.139. The second-order valence-electron chi connectivity index (χ2n) is 4.02. The molecule has 1 aromatic carbocycles. The van der Waals surface area contributed by atoms with E-state index in [9.17, 15) is 4.79 Å². The van der Waals surface area contributed by atoms with Gasteiger partial charge in [0.2, 0.25) is 5.89 Å². The Morgan fingerprint density at radius 2 is 2.00 bits per heavy atom. The van der Waals surface area contributed by atoms with Crippen molar-refractivity contribution in [3.8, 4) is 11.5 Å². The van der Waals surface area contributed by atoms with E-state index in [0.29, 0.717) is 11.1 Å². The first-order valence-corrected chi connectivity index (χ1v) is 6.63. The van der Waals surface area contributed by atoms with Crippen molar-refractivity contribution in [3.05, 3.63) is 29.8 Å². The van der Waals surface area contributed by atoms with Gasteiger partial charge in [-0.05, 0) is 26.0 Å². The highest BCUT2D eigenvalue weighted by Gasteiger charge is 2.18. The summed E-state index contributed by atoms with van der Waals surface area (Å²) in [5.41, 5.74) is 2.02. The summed E-state index contributed by atoms with van der Waals surface area (Å²) in [6.07, 6.45) is 0. The smallest absolute Gasteiger partial charge is 0.319 e. The zero-order valence-corrected chi connectivity index (χ0v) is 11.7. The Morgan fingerprint density at radius 1 is 1.32 bits per heavy atom. The van der Waals surface area contributed by atoms with Gasteiger partial charge in [-0.15, -0.1) is 10.2 Å². The second kappa shape index (κ2) is 5.88. The Morgan fingerprint density at radius 3 is 2.63 bits per heavy atom. The van der Waals surface area contributed by atoms with E-state index in [-0.39, 0.29) is 11.2 Å². The molecule has 0 aliphatic heterocycles. The average Bonchev–Trinajstić information content (AvgIpc) is 2.87. The van der Waals surface area contributed by atoms with Crippen LogP contribution in [0, 0.1) is 6.92 Å². The number of aromatic nitrogens is 2. The summed E-state index contributed by atoms with van der Waals surface area (Å²) in [6.45, 7) is 3.74. The summed E-state index contributed by atoms with van der Waals surface area (Å²) in [7, 11) is 1.35. The minimum absolute atomic E-state index is 0.319. The van der Waals surface area contributed by atoms with E-state index in [2.05, 4.69) is 14.9 Å². The number of benzene rings is 1. The number of carbonyl (C=O) groups is 1. The van der Waals surface area contributed by atoms with Gasteiger partial charge in [0.15, 0.2) is 0 Å². The minimum atomic E-state index is -0.378. The molecule has 0 spiro atoms. The molecule has 6 heteroatoms. The summed E-state index contributed by atoms with van der Waals surface area (Å²) in [4.78, 5) is 11.3. The Balaban J connectivity index is 2.11. The third-order valence-electron chi connectivity index (χ3n) is 2.52. The van der Waals surface area contributed by atoms with Crippen LogP contribution < -0.4 is 0 Å². The summed E-state index contributed by atoms with van der Waals surface area (Å²) in [5.74, 6) is 0.125. The summed E-state index contributed by atoms with van der Waals surface area (Å²) in [6, 6.07) is 7.79. The maximum Gasteiger partial charge on any atom is 0.319 e. The molecule has 0 bridgehead atoms. The first-order valence-electron chi connectivity index (χ1n) is 5.75. The molecule has 0 aliphatic rings. The van der Waals surface area contributed by atoms with Gasteiger partial charge in [-0.1, -0.05) is 29.5 Å². The fourth-order valence-electron chi connectivity index (χ4n) is 1.44. The maximum atomic E-state index is 11.3. The average molecular weight is 278 g/mol. The quantitative estimate of drug-likeness (QED) is 0.633. The number of rotatable bonds is 4. The topological polar surface area (TPSA) is 65.2 Å². The molecule has 19 heavy (non-hydrogen) atoms. The fraction of sp³-hybridized carbons (Fsp3) is 0.308. The van der Waals surface area contributed by atoms with Crippen LogP contribution in [0.5, 0.6) is 0 Å². The van der Waals surface area contributed by atoms with Gasteiger partial charge in [-0.3, -0.25) is 4.79 Å². The third-order valence-corrected chi connectivity index (χ3v) is 3.43. The van der Waals surface area contributed by atoms with Crippen LogP contribution in [0.15, 0.2) is 33.9 Å². The molecule has 0 unspecified atom stereocenters. The molecular weight excluding hydrogens is 264 g/mol. The van der Waals surface area contributed by atoms with Crippen molar-refractivity contribution in [3.63, 3.8) is 0 Å².